The minimum atomic E-state index is -0.623. The molecule has 10 nitrogen and oxygen atoms in total. The van der Waals surface area contributed by atoms with E-state index in [4.69, 9.17) is 9.47 Å². The van der Waals surface area contributed by atoms with Gasteiger partial charge in [0.05, 0.1) is 18.9 Å². The first-order valence-corrected chi connectivity index (χ1v) is 12.5. The summed E-state index contributed by atoms with van der Waals surface area (Å²) in [5.41, 5.74) is 3.67. The second-order valence-corrected chi connectivity index (χ2v) is 10.00. The predicted octanol–water partition coefficient (Wildman–Crippen LogP) is 4.53. The van der Waals surface area contributed by atoms with Gasteiger partial charge in [-0.15, -0.1) is 0 Å². The van der Waals surface area contributed by atoms with Crippen LogP contribution in [0.1, 0.15) is 20.8 Å². The van der Waals surface area contributed by atoms with E-state index in [1.165, 1.54) is 11.9 Å². The first-order chi connectivity index (χ1) is 18.2. The van der Waals surface area contributed by atoms with Crippen molar-refractivity contribution >= 4 is 35.0 Å². The summed E-state index contributed by atoms with van der Waals surface area (Å²) in [7, 11) is 1.52. The molecule has 200 valence electrons. The van der Waals surface area contributed by atoms with Crippen molar-refractivity contribution in [1.29, 1.82) is 0 Å². The number of amides is 2. The number of carbonyl (C=O) groups excluding carboxylic acids is 2. The number of hydrogen-bond acceptors (Lipinski definition) is 8. The number of aromatic nitrogens is 2. The summed E-state index contributed by atoms with van der Waals surface area (Å²) in [5.74, 6) is 0.170. The van der Waals surface area contributed by atoms with Gasteiger partial charge in [-0.1, -0.05) is 12.1 Å². The van der Waals surface area contributed by atoms with E-state index >= 15 is 0 Å². The van der Waals surface area contributed by atoms with E-state index in [2.05, 4.69) is 37.6 Å². The Hall–Kier alpha value is -4.18. The Morgan fingerprint density at radius 1 is 1.00 bits per heavy atom. The molecule has 0 spiro atoms. The van der Waals surface area contributed by atoms with E-state index < -0.39 is 11.7 Å². The van der Waals surface area contributed by atoms with Crippen LogP contribution in [0.15, 0.2) is 60.8 Å². The van der Waals surface area contributed by atoms with Crippen LogP contribution in [0.3, 0.4) is 0 Å². The summed E-state index contributed by atoms with van der Waals surface area (Å²) < 4.78 is 10.7. The Bertz CT molecular complexity index is 1240. The highest BCUT2D eigenvalue weighted by atomic mass is 16.6. The van der Waals surface area contributed by atoms with Crippen LogP contribution in [0.25, 0.3) is 11.3 Å². The molecule has 1 fully saturated rings. The van der Waals surface area contributed by atoms with Crippen LogP contribution in [-0.2, 0) is 14.3 Å². The largest absolute Gasteiger partial charge is 0.444 e. The van der Waals surface area contributed by atoms with Crippen LogP contribution in [0, 0.1) is 0 Å². The number of anilines is 4. The fraction of sp³-hybridized carbons (Fsp3) is 0.357. The summed E-state index contributed by atoms with van der Waals surface area (Å²) in [6.07, 6.45) is 1.15. The molecule has 2 aromatic carbocycles. The van der Waals surface area contributed by atoms with Gasteiger partial charge in [-0.2, -0.15) is 0 Å². The molecule has 2 N–H and O–H groups in total. The van der Waals surface area contributed by atoms with Gasteiger partial charge in [0.2, 0.25) is 11.9 Å². The Morgan fingerprint density at radius 2 is 1.66 bits per heavy atom. The summed E-state index contributed by atoms with van der Waals surface area (Å²) >= 11 is 0. The van der Waals surface area contributed by atoms with Crippen molar-refractivity contribution in [1.82, 2.24) is 14.9 Å². The SMILES string of the molecule is CN(CC(=O)Nc1ccc(-c2ccnc(Nc3ccc(N4CCOCC4)cc3)n2)cc1)C(=O)OC(C)(C)C. The molecular formula is C28H34N6O4. The smallest absolute Gasteiger partial charge is 0.410 e. The van der Waals surface area contributed by atoms with Crippen LogP contribution < -0.4 is 15.5 Å². The summed E-state index contributed by atoms with van der Waals surface area (Å²) in [6.45, 7) is 8.50. The quantitative estimate of drug-likeness (QED) is 0.470. The van der Waals surface area contributed by atoms with E-state index in [9.17, 15) is 9.59 Å². The van der Waals surface area contributed by atoms with E-state index in [1.807, 2.05) is 30.3 Å². The molecule has 0 aliphatic carbocycles. The first-order valence-electron chi connectivity index (χ1n) is 12.5. The minimum Gasteiger partial charge on any atom is -0.444 e. The van der Waals surface area contributed by atoms with Crippen LogP contribution in [0.2, 0.25) is 0 Å². The number of nitrogens with one attached hydrogen (secondary N) is 2. The maximum Gasteiger partial charge on any atom is 0.410 e. The number of morpholine rings is 1. The molecule has 1 aromatic heterocycles. The molecule has 10 heteroatoms. The van der Waals surface area contributed by atoms with E-state index in [-0.39, 0.29) is 12.5 Å². The highest BCUT2D eigenvalue weighted by Gasteiger charge is 2.21. The Balaban J connectivity index is 1.33. The highest BCUT2D eigenvalue weighted by molar-refractivity contribution is 5.94. The molecule has 1 aliphatic heterocycles. The molecule has 3 aromatic rings. The lowest BCUT2D eigenvalue weighted by molar-refractivity contribution is -0.117. The van der Waals surface area contributed by atoms with Gasteiger partial charge in [0.25, 0.3) is 0 Å². The molecular weight excluding hydrogens is 484 g/mol. The number of ether oxygens (including phenoxy) is 2. The molecule has 4 rings (SSSR count). The number of carbonyl (C=O) groups is 2. The molecule has 38 heavy (non-hydrogen) atoms. The fourth-order valence-electron chi connectivity index (χ4n) is 3.83. The van der Waals surface area contributed by atoms with Crippen molar-refractivity contribution in [3.8, 4) is 11.3 Å². The average molecular weight is 519 g/mol. The number of benzene rings is 2. The van der Waals surface area contributed by atoms with Gasteiger partial charge in [-0.05, 0) is 63.2 Å². The van der Waals surface area contributed by atoms with E-state index in [0.29, 0.717) is 11.6 Å². The second kappa shape index (κ2) is 11.9. The van der Waals surface area contributed by atoms with Crippen molar-refractivity contribution in [3.63, 3.8) is 0 Å². The maximum atomic E-state index is 12.4. The average Bonchev–Trinajstić information content (AvgIpc) is 2.89. The normalized spacial score (nSPS) is 13.5. The zero-order chi connectivity index (χ0) is 27.1. The monoisotopic (exact) mass is 518 g/mol. The summed E-state index contributed by atoms with van der Waals surface area (Å²) in [5, 5.41) is 6.06. The molecule has 0 saturated carbocycles. The minimum absolute atomic E-state index is 0.120. The Morgan fingerprint density at radius 3 is 2.32 bits per heavy atom. The number of rotatable bonds is 7. The molecule has 1 saturated heterocycles. The van der Waals surface area contributed by atoms with Gasteiger partial charge < -0.3 is 29.9 Å². The van der Waals surface area contributed by atoms with E-state index in [0.717, 1.165) is 48.9 Å². The highest BCUT2D eigenvalue weighted by Crippen LogP contribution is 2.23. The van der Waals surface area contributed by atoms with Crippen LogP contribution >= 0.6 is 0 Å². The second-order valence-electron chi connectivity index (χ2n) is 10.00. The van der Waals surface area contributed by atoms with E-state index in [1.54, 1.807) is 39.1 Å². The topological polar surface area (TPSA) is 109 Å². The van der Waals surface area contributed by atoms with Crippen molar-refractivity contribution in [3.05, 3.63) is 60.8 Å². The van der Waals surface area contributed by atoms with Crippen molar-refractivity contribution in [2.75, 3.05) is 55.4 Å². The maximum absolute atomic E-state index is 12.4. The molecule has 2 heterocycles. The first kappa shape index (κ1) is 26.9. The third-order valence-electron chi connectivity index (χ3n) is 5.71. The van der Waals surface area contributed by atoms with Crippen molar-refractivity contribution in [2.24, 2.45) is 0 Å². The van der Waals surface area contributed by atoms with Gasteiger partial charge in [0, 0.05) is 49.0 Å². The van der Waals surface area contributed by atoms with Crippen LogP contribution in [0.4, 0.5) is 27.8 Å². The molecule has 0 radical (unpaired) electrons. The predicted molar refractivity (Wildman–Crippen MR) is 148 cm³/mol. The Labute approximate surface area is 223 Å². The third-order valence-corrected chi connectivity index (χ3v) is 5.71. The van der Waals surface area contributed by atoms with Crippen LogP contribution in [-0.4, -0.2) is 72.4 Å². The number of likely N-dealkylation sites (N-methyl/N-ethyl adjacent to an activating group) is 1. The molecule has 2 amide bonds. The lowest BCUT2D eigenvalue weighted by Crippen LogP contribution is -2.38. The van der Waals surface area contributed by atoms with Gasteiger partial charge >= 0.3 is 6.09 Å². The van der Waals surface area contributed by atoms with Gasteiger partial charge in [-0.3, -0.25) is 4.79 Å². The zero-order valence-corrected chi connectivity index (χ0v) is 22.2. The van der Waals surface area contributed by atoms with Crippen molar-refractivity contribution in [2.45, 2.75) is 26.4 Å². The van der Waals surface area contributed by atoms with Gasteiger partial charge in [-0.25, -0.2) is 14.8 Å². The standard InChI is InChI=1S/C28H34N6O4/c1-28(2,3)38-27(36)33(4)19-25(35)30-21-7-5-20(6-8-21)24-13-14-29-26(32-24)31-22-9-11-23(12-10-22)34-15-17-37-18-16-34/h5-14H,15-19H2,1-4H3,(H,30,35)(H,29,31,32). The lowest BCUT2D eigenvalue weighted by atomic mass is 10.1. The van der Waals surface area contributed by atoms with Gasteiger partial charge in [0.1, 0.15) is 12.1 Å². The molecule has 0 bridgehead atoms. The fourth-order valence-corrected chi connectivity index (χ4v) is 3.83. The Kier molecular flexibility index (Phi) is 8.42. The van der Waals surface area contributed by atoms with Crippen molar-refractivity contribution < 1.29 is 19.1 Å². The van der Waals surface area contributed by atoms with Crippen LogP contribution in [0.5, 0.6) is 0 Å². The third kappa shape index (κ3) is 7.66. The van der Waals surface area contributed by atoms with Gasteiger partial charge in [0.15, 0.2) is 0 Å². The lowest BCUT2D eigenvalue weighted by Gasteiger charge is -2.28. The molecule has 1 aliphatic rings. The molecule has 0 atom stereocenters. The summed E-state index contributed by atoms with van der Waals surface area (Å²) in [4.78, 5) is 37.0. The number of nitrogens with zero attached hydrogens (tertiary/aromatic N) is 4. The molecule has 0 unspecified atom stereocenters. The zero-order valence-electron chi connectivity index (χ0n) is 22.2. The number of hydrogen-bond donors (Lipinski definition) is 2. The summed E-state index contributed by atoms with van der Waals surface area (Å²) in [6, 6.07) is 17.3.